The third-order valence-electron chi connectivity index (χ3n) is 4.88. The molecular weight excluding hydrogens is 336 g/mol. The van der Waals surface area contributed by atoms with Gasteiger partial charge in [0.15, 0.2) is 0 Å². The van der Waals surface area contributed by atoms with Gasteiger partial charge in [-0.1, -0.05) is 29.8 Å². The van der Waals surface area contributed by atoms with Crippen molar-refractivity contribution in [3.8, 4) is 5.75 Å². The number of hydrogen-bond donors (Lipinski definition) is 0. The van der Waals surface area contributed by atoms with Crippen LogP contribution >= 0.6 is 0 Å². The van der Waals surface area contributed by atoms with Gasteiger partial charge in [0, 0.05) is 16.7 Å². The standard InChI is InChI=1S/C23H22N2O2/c1-15(2)7-6-9-19-21-18-8-4-5-10-20(18)24-22(21)25(23(19)26)16-11-13-17(27-3)14-12-16/h4-5,7-8,10-14H,6,9H2,1-3H3. The first-order chi connectivity index (χ1) is 13.1. The molecule has 0 N–H and O–H groups in total. The number of amidine groups is 1. The van der Waals surface area contributed by atoms with Gasteiger partial charge >= 0.3 is 0 Å². The van der Waals surface area contributed by atoms with Crippen molar-refractivity contribution >= 4 is 28.7 Å². The molecule has 4 nitrogen and oxygen atoms in total. The van der Waals surface area contributed by atoms with E-state index in [4.69, 9.17) is 9.73 Å². The smallest absolute Gasteiger partial charge is 0.260 e. The lowest BCUT2D eigenvalue weighted by atomic mass is 9.98. The zero-order valence-corrected chi connectivity index (χ0v) is 15.8. The highest BCUT2D eigenvalue weighted by atomic mass is 16.5. The summed E-state index contributed by atoms with van der Waals surface area (Å²) in [4.78, 5) is 19.8. The maximum atomic E-state index is 13.3. The van der Waals surface area contributed by atoms with Gasteiger partial charge in [-0.2, -0.15) is 0 Å². The minimum Gasteiger partial charge on any atom is -0.497 e. The number of ether oxygens (including phenoxy) is 1. The zero-order chi connectivity index (χ0) is 19.0. The molecule has 1 amide bonds. The van der Waals surface area contributed by atoms with Crippen molar-refractivity contribution in [2.45, 2.75) is 26.7 Å². The lowest BCUT2D eigenvalue weighted by Crippen LogP contribution is -2.31. The van der Waals surface area contributed by atoms with Crippen LogP contribution in [0.2, 0.25) is 0 Å². The highest BCUT2D eigenvalue weighted by Crippen LogP contribution is 2.44. The van der Waals surface area contributed by atoms with Crippen molar-refractivity contribution in [1.29, 1.82) is 0 Å². The summed E-state index contributed by atoms with van der Waals surface area (Å²) in [7, 11) is 1.63. The molecule has 0 bridgehead atoms. The molecule has 4 heteroatoms. The van der Waals surface area contributed by atoms with Crippen molar-refractivity contribution in [2.24, 2.45) is 4.99 Å². The number of aliphatic imine (C=N–C) groups is 1. The van der Waals surface area contributed by atoms with Crippen molar-refractivity contribution < 1.29 is 9.53 Å². The number of rotatable bonds is 5. The molecule has 0 unspecified atom stereocenters. The van der Waals surface area contributed by atoms with E-state index in [1.165, 1.54) is 5.57 Å². The molecule has 0 fully saturated rings. The van der Waals surface area contributed by atoms with Crippen LogP contribution in [-0.2, 0) is 4.79 Å². The number of para-hydroxylation sites is 1. The van der Waals surface area contributed by atoms with Gasteiger partial charge < -0.3 is 4.74 Å². The molecule has 136 valence electrons. The summed E-state index contributed by atoms with van der Waals surface area (Å²) in [6.07, 6.45) is 3.73. The summed E-state index contributed by atoms with van der Waals surface area (Å²) >= 11 is 0. The first kappa shape index (κ1) is 17.3. The second-order valence-corrected chi connectivity index (χ2v) is 6.96. The minimum atomic E-state index is 0.0191. The lowest BCUT2D eigenvalue weighted by molar-refractivity contribution is -0.114. The van der Waals surface area contributed by atoms with Crippen LogP contribution in [0.4, 0.5) is 11.4 Å². The van der Waals surface area contributed by atoms with Crippen molar-refractivity contribution in [2.75, 3.05) is 12.0 Å². The van der Waals surface area contributed by atoms with E-state index in [2.05, 4.69) is 19.9 Å². The highest BCUT2D eigenvalue weighted by molar-refractivity contribution is 6.49. The number of allylic oxidation sites excluding steroid dienone is 2. The summed E-state index contributed by atoms with van der Waals surface area (Å²) in [5, 5.41) is 0. The van der Waals surface area contributed by atoms with Gasteiger partial charge in [-0.25, -0.2) is 4.99 Å². The molecule has 4 rings (SSSR count). The minimum absolute atomic E-state index is 0.0191. The lowest BCUT2D eigenvalue weighted by Gasteiger charge is -2.17. The summed E-state index contributed by atoms with van der Waals surface area (Å²) in [5.41, 5.74) is 5.86. The number of hydrogen-bond acceptors (Lipinski definition) is 3. The first-order valence-corrected chi connectivity index (χ1v) is 9.13. The number of fused-ring (bicyclic) bond motifs is 3. The van der Waals surface area contributed by atoms with Crippen molar-refractivity contribution in [3.05, 3.63) is 71.3 Å². The molecule has 2 aliphatic heterocycles. The Balaban J connectivity index is 1.77. The van der Waals surface area contributed by atoms with Gasteiger partial charge in [0.2, 0.25) is 0 Å². The number of amides is 1. The number of methoxy groups -OCH3 is 1. The van der Waals surface area contributed by atoms with Crippen molar-refractivity contribution in [1.82, 2.24) is 0 Å². The molecule has 27 heavy (non-hydrogen) atoms. The Labute approximate surface area is 159 Å². The van der Waals surface area contributed by atoms with Gasteiger partial charge in [-0.15, -0.1) is 0 Å². The molecule has 0 saturated heterocycles. The largest absolute Gasteiger partial charge is 0.497 e. The van der Waals surface area contributed by atoms with Gasteiger partial charge in [-0.05, 0) is 57.0 Å². The molecule has 0 spiro atoms. The number of anilines is 1. The molecule has 0 aliphatic carbocycles. The Kier molecular flexibility index (Phi) is 4.40. The molecule has 0 radical (unpaired) electrons. The zero-order valence-electron chi connectivity index (χ0n) is 15.8. The Bertz CT molecular complexity index is 993. The summed E-state index contributed by atoms with van der Waals surface area (Å²) in [6.45, 7) is 4.16. The molecule has 0 aromatic heterocycles. The fraction of sp³-hybridized carbons (Fsp3) is 0.217. The Morgan fingerprint density at radius 3 is 2.56 bits per heavy atom. The van der Waals surface area contributed by atoms with Crippen LogP contribution in [0.5, 0.6) is 5.75 Å². The van der Waals surface area contributed by atoms with E-state index in [0.717, 1.165) is 46.1 Å². The average molecular weight is 358 g/mol. The van der Waals surface area contributed by atoms with Crippen LogP contribution in [-0.4, -0.2) is 18.9 Å². The molecule has 2 aliphatic rings. The third kappa shape index (κ3) is 2.97. The second kappa shape index (κ2) is 6.88. The SMILES string of the molecule is COc1ccc(N2C(=O)C(CCC=C(C)C)=C3C2=Nc2ccccc23)cc1. The van der Waals surface area contributed by atoms with Gasteiger partial charge in [-0.3, -0.25) is 9.69 Å². The molecule has 2 aromatic carbocycles. The van der Waals surface area contributed by atoms with E-state index >= 15 is 0 Å². The molecule has 2 heterocycles. The van der Waals surface area contributed by atoms with Crippen molar-refractivity contribution in [3.63, 3.8) is 0 Å². The summed E-state index contributed by atoms with van der Waals surface area (Å²) in [5.74, 6) is 1.52. The molecule has 0 saturated carbocycles. The van der Waals surface area contributed by atoms with Gasteiger partial charge in [0.25, 0.3) is 5.91 Å². The molecule has 2 aromatic rings. The van der Waals surface area contributed by atoms with Crippen LogP contribution in [0.1, 0.15) is 32.3 Å². The number of carbonyl (C=O) groups is 1. The van der Waals surface area contributed by atoms with Crippen LogP contribution in [0, 0.1) is 0 Å². The highest BCUT2D eigenvalue weighted by Gasteiger charge is 2.41. The number of nitrogens with zero attached hydrogens (tertiary/aromatic N) is 2. The predicted octanol–water partition coefficient (Wildman–Crippen LogP) is 5.29. The third-order valence-corrected chi connectivity index (χ3v) is 4.88. The second-order valence-electron chi connectivity index (χ2n) is 6.96. The van der Waals surface area contributed by atoms with E-state index in [0.29, 0.717) is 6.42 Å². The maximum absolute atomic E-state index is 13.3. The van der Waals surface area contributed by atoms with Crippen LogP contribution < -0.4 is 9.64 Å². The normalized spacial score (nSPS) is 14.9. The average Bonchev–Trinajstić information content (AvgIpc) is 3.16. The summed E-state index contributed by atoms with van der Waals surface area (Å²) < 4.78 is 5.24. The van der Waals surface area contributed by atoms with E-state index in [1.54, 1.807) is 12.0 Å². The monoisotopic (exact) mass is 358 g/mol. The van der Waals surface area contributed by atoms with E-state index < -0.39 is 0 Å². The predicted molar refractivity (Wildman–Crippen MR) is 110 cm³/mol. The fourth-order valence-electron chi connectivity index (χ4n) is 3.58. The topological polar surface area (TPSA) is 41.9 Å². The quantitative estimate of drug-likeness (QED) is 0.682. The van der Waals surface area contributed by atoms with Gasteiger partial charge in [0.05, 0.1) is 18.5 Å². The van der Waals surface area contributed by atoms with Gasteiger partial charge in [0.1, 0.15) is 11.6 Å². The summed E-state index contributed by atoms with van der Waals surface area (Å²) in [6, 6.07) is 15.6. The Morgan fingerprint density at radius 2 is 1.85 bits per heavy atom. The Morgan fingerprint density at radius 1 is 1.11 bits per heavy atom. The van der Waals surface area contributed by atoms with Crippen LogP contribution in [0.15, 0.2) is 70.7 Å². The Hall–Kier alpha value is -3.14. The van der Waals surface area contributed by atoms with E-state index in [-0.39, 0.29) is 5.91 Å². The fourth-order valence-corrected chi connectivity index (χ4v) is 3.58. The molecule has 0 atom stereocenters. The van der Waals surface area contributed by atoms with E-state index in [9.17, 15) is 4.79 Å². The number of benzene rings is 2. The maximum Gasteiger partial charge on any atom is 0.260 e. The number of carbonyl (C=O) groups excluding carboxylic acids is 1. The first-order valence-electron chi connectivity index (χ1n) is 9.13. The van der Waals surface area contributed by atoms with E-state index in [1.807, 2.05) is 48.5 Å². The van der Waals surface area contributed by atoms with Crippen LogP contribution in [0.3, 0.4) is 0 Å². The van der Waals surface area contributed by atoms with Crippen LogP contribution in [0.25, 0.3) is 5.57 Å². The molecular formula is C23H22N2O2.